The van der Waals surface area contributed by atoms with Crippen LogP contribution < -0.4 is 0 Å². The average Bonchev–Trinajstić information content (AvgIpc) is 2.91. The number of carboxylic acid groups (broad SMARTS) is 1. The van der Waals surface area contributed by atoms with E-state index in [1.165, 1.54) is 11.1 Å². The number of esters is 1. The lowest BCUT2D eigenvalue weighted by Gasteiger charge is -2.30. The molecule has 0 saturated heterocycles. The van der Waals surface area contributed by atoms with Crippen molar-refractivity contribution in [1.82, 2.24) is 0 Å². The van der Waals surface area contributed by atoms with Crippen LogP contribution in [0, 0.1) is 5.92 Å². The van der Waals surface area contributed by atoms with Crippen molar-refractivity contribution in [2.75, 3.05) is 6.61 Å². The van der Waals surface area contributed by atoms with E-state index < -0.39 is 23.8 Å². The van der Waals surface area contributed by atoms with Gasteiger partial charge < -0.3 is 9.84 Å². The third-order valence-electron chi connectivity index (χ3n) is 6.78. The Bertz CT molecular complexity index is 1340. The molecular weight excluding hydrogens is 498 g/mol. The van der Waals surface area contributed by atoms with Gasteiger partial charge in [0.1, 0.15) is 12.5 Å². The van der Waals surface area contributed by atoms with Gasteiger partial charge in [0.25, 0.3) is 0 Å². The highest BCUT2D eigenvalue weighted by Crippen LogP contribution is 2.40. The van der Waals surface area contributed by atoms with E-state index in [1.54, 1.807) is 38.1 Å². The number of aliphatic carboxylic acids is 1. The van der Waals surface area contributed by atoms with Crippen molar-refractivity contribution < 1.29 is 19.4 Å². The van der Waals surface area contributed by atoms with Crippen LogP contribution in [0.3, 0.4) is 0 Å². The van der Waals surface area contributed by atoms with Gasteiger partial charge in [-0.1, -0.05) is 96.5 Å². The fraction of sp³-hybridized carbons (Fsp3) is 0.219. The lowest BCUT2D eigenvalue weighted by atomic mass is 9.75. The number of allylic oxidation sites excluding steroid dienone is 2. The summed E-state index contributed by atoms with van der Waals surface area (Å²) in [6.07, 6.45) is 4.58. The number of halogens is 1. The molecule has 0 bridgehead atoms. The van der Waals surface area contributed by atoms with E-state index in [9.17, 15) is 14.7 Å². The quantitative estimate of drug-likeness (QED) is 0.236. The van der Waals surface area contributed by atoms with E-state index in [1.807, 2.05) is 48.6 Å². The van der Waals surface area contributed by atoms with Gasteiger partial charge in [-0.15, -0.1) is 0 Å². The minimum absolute atomic E-state index is 0.0641. The standard InChI is InChI=1S/C32H30ClNO4/c1-21-28(31(35)36)30(25-16-11-17-26(33)20-25)29(22(2)34-21)32(37)38-19-10-9-18-27(23-12-5-3-6-13-23)24-14-7-4-8-15-24/h3-17,20,27-28,30H,18-19H2,1-2H3,(H,35,36). The zero-order chi connectivity index (χ0) is 27.1. The summed E-state index contributed by atoms with van der Waals surface area (Å²) in [5.74, 6) is -3.20. The molecule has 0 spiro atoms. The maximum Gasteiger partial charge on any atom is 0.336 e. The largest absolute Gasteiger partial charge is 0.481 e. The second-order valence-electron chi connectivity index (χ2n) is 9.28. The Balaban J connectivity index is 1.50. The molecule has 0 radical (unpaired) electrons. The van der Waals surface area contributed by atoms with E-state index >= 15 is 0 Å². The number of rotatable bonds is 9. The van der Waals surface area contributed by atoms with Crippen LogP contribution in [-0.4, -0.2) is 29.4 Å². The molecule has 2 atom stereocenters. The number of carbonyl (C=O) groups excluding carboxylic acids is 1. The Morgan fingerprint density at radius 2 is 1.58 bits per heavy atom. The third kappa shape index (κ3) is 6.29. The van der Waals surface area contributed by atoms with E-state index in [4.69, 9.17) is 16.3 Å². The summed E-state index contributed by atoms with van der Waals surface area (Å²) in [4.78, 5) is 29.9. The Kier molecular flexibility index (Phi) is 8.93. The SMILES string of the molecule is CC1=NC(C)=C(C(=O)OCC=CCC(c2ccccc2)c2ccccc2)C(c2cccc(Cl)c2)C1C(=O)O. The van der Waals surface area contributed by atoms with Crippen molar-refractivity contribution in [3.05, 3.63) is 130 Å². The molecule has 0 aromatic heterocycles. The first-order chi connectivity index (χ1) is 18.4. The van der Waals surface area contributed by atoms with Crippen molar-refractivity contribution in [2.45, 2.75) is 32.1 Å². The Labute approximate surface area is 228 Å². The van der Waals surface area contributed by atoms with E-state index in [2.05, 4.69) is 29.3 Å². The number of nitrogens with zero attached hydrogens (tertiary/aromatic N) is 1. The van der Waals surface area contributed by atoms with Gasteiger partial charge in [0.15, 0.2) is 0 Å². The predicted molar refractivity (Wildman–Crippen MR) is 151 cm³/mol. The van der Waals surface area contributed by atoms with E-state index in [0.717, 1.165) is 6.42 Å². The molecule has 1 N–H and O–H groups in total. The summed E-state index contributed by atoms with van der Waals surface area (Å²) in [6.45, 7) is 3.44. The monoisotopic (exact) mass is 527 g/mol. The van der Waals surface area contributed by atoms with Gasteiger partial charge in [-0.05, 0) is 49.1 Å². The first-order valence-corrected chi connectivity index (χ1v) is 12.9. The van der Waals surface area contributed by atoms with Crippen molar-refractivity contribution in [1.29, 1.82) is 0 Å². The van der Waals surface area contributed by atoms with Crippen molar-refractivity contribution in [3.63, 3.8) is 0 Å². The molecular formula is C32H30ClNO4. The Morgan fingerprint density at radius 1 is 0.947 bits per heavy atom. The summed E-state index contributed by atoms with van der Waals surface area (Å²) < 4.78 is 5.61. The number of carboxylic acids is 1. The molecule has 0 saturated carbocycles. The maximum absolute atomic E-state index is 13.3. The second-order valence-corrected chi connectivity index (χ2v) is 9.72. The van der Waals surface area contributed by atoms with E-state index in [-0.39, 0.29) is 18.1 Å². The van der Waals surface area contributed by atoms with Crippen LogP contribution in [0.4, 0.5) is 0 Å². The normalized spacial score (nSPS) is 17.5. The number of hydrogen-bond acceptors (Lipinski definition) is 4. The molecule has 3 aromatic carbocycles. The van der Waals surface area contributed by atoms with Gasteiger partial charge in [0, 0.05) is 28.3 Å². The Morgan fingerprint density at radius 3 is 2.16 bits per heavy atom. The zero-order valence-corrected chi connectivity index (χ0v) is 22.1. The molecule has 5 nitrogen and oxygen atoms in total. The van der Waals surface area contributed by atoms with Crippen molar-refractivity contribution >= 4 is 29.3 Å². The minimum Gasteiger partial charge on any atom is -0.481 e. The van der Waals surface area contributed by atoms with E-state index in [0.29, 0.717) is 22.0 Å². The first kappa shape index (κ1) is 27.1. The van der Waals surface area contributed by atoms with Crippen molar-refractivity contribution in [3.8, 4) is 0 Å². The first-order valence-electron chi connectivity index (χ1n) is 12.5. The molecule has 194 valence electrons. The molecule has 1 heterocycles. The smallest absolute Gasteiger partial charge is 0.336 e. The van der Waals surface area contributed by atoms with Crippen LogP contribution in [0.1, 0.15) is 48.8 Å². The highest BCUT2D eigenvalue weighted by atomic mass is 35.5. The molecule has 3 aromatic rings. The molecule has 38 heavy (non-hydrogen) atoms. The molecule has 0 fully saturated rings. The van der Waals surface area contributed by atoms with Crippen LogP contribution in [-0.2, 0) is 14.3 Å². The van der Waals surface area contributed by atoms with Gasteiger partial charge in [-0.25, -0.2) is 4.79 Å². The Hall–Kier alpha value is -3.96. The molecule has 1 aliphatic rings. The molecule has 4 rings (SSSR count). The molecule has 2 unspecified atom stereocenters. The predicted octanol–water partition coefficient (Wildman–Crippen LogP) is 7.19. The maximum atomic E-state index is 13.3. The molecule has 6 heteroatoms. The van der Waals surface area contributed by atoms with Crippen LogP contribution >= 0.6 is 11.6 Å². The second kappa shape index (κ2) is 12.5. The number of hydrogen-bond donors (Lipinski definition) is 1. The summed E-state index contributed by atoms with van der Waals surface area (Å²) in [6, 6.07) is 27.5. The molecule has 0 amide bonds. The summed E-state index contributed by atoms with van der Waals surface area (Å²) >= 11 is 6.20. The lowest BCUT2D eigenvalue weighted by Crippen LogP contribution is -2.35. The van der Waals surface area contributed by atoms with Crippen molar-refractivity contribution in [2.24, 2.45) is 10.9 Å². The van der Waals surface area contributed by atoms with Gasteiger partial charge in [0.05, 0.1) is 5.57 Å². The fourth-order valence-electron chi connectivity index (χ4n) is 5.02. The third-order valence-corrected chi connectivity index (χ3v) is 7.01. The van der Waals surface area contributed by atoms with Crippen LogP contribution in [0.2, 0.25) is 5.02 Å². The van der Waals surface area contributed by atoms with Crippen LogP contribution in [0.25, 0.3) is 0 Å². The van der Waals surface area contributed by atoms with Crippen LogP contribution in [0.15, 0.2) is 113 Å². The number of carbonyl (C=O) groups is 2. The lowest BCUT2D eigenvalue weighted by molar-refractivity contribution is -0.140. The summed E-state index contributed by atoms with van der Waals surface area (Å²) in [5, 5.41) is 10.4. The topological polar surface area (TPSA) is 76.0 Å². The number of ether oxygens (including phenoxy) is 1. The minimum atomic E-state index is -1.05. The summed E-state index contributed by atoms with van der Waals surface area (Å²) in [5.41, 5.74) is 4.18. The van der Waals surface area contributed by atoms with Gasteiger partial charge in [-0.3, -0.25) is 9.79 Å². The summed E-state index contributed by atoms with van der Waals surface area (Å²) in [7, 11) is 0. The molecule has 1 aliphatic heterocycles. The highest BCUT2D eigenvalue weighted by Gasteiger charge is 2.41. The fourth-order valence-corrected chi connectivity index (χ4v) is 5.22. The molecule has 0 aliphatic carbocycles. The van der Waals surface area contributed by atoms with Gasteiger partial charge in [0.2, 0.25) is 0 Å². The number of benzene rings is 3. The number of aliphatic imine (C=N–C) groups is 1. The van der Waals surface area contributed by atoms with Gasteiger partial charge in [-0.2, -0.15) is 0 Å². The van der Waals surface area contributed by atoms with Gasteiger partial charge >= 0.3 is 11.9 Å². The highest BCUT2D eigenvalue weighted by molar-refractivity contribution is 6.30. The van der Waals surface area contributed by atoms with Crippen LogP contribution in [0.5, 0.6) is 0 Å². The average molecular weight is 528 g/mol. The zero-order valence-electron chi connectivity index (χ0n) is 21.4.